The summed E-state index contributed by atoms with van der Waals surface area (Å²) in [6, 6.07) is 6.91. The molecule has 5 nitrogen and oxygen atoms in total. The highest BCUT2D eigenvalue weighted by Crippen LogP contribution is 2.20. The number of nitrogens with one attached hydrogen (secondary N) is 1. The molecular weight excluding hydrogens is 290 g/mol. The third-order valence-electron chi connectivity index (χ3n) is 3.24. The van der Waals surface area contributed by atoms with Crippen LogP contribution in [0.5, 0.6) is 5.75 Å². The normalized spacial score (nSPS) is 10.6. The van der Waals surface area contributed by atoms with Crippen molar-refractivity contribution in [2.45, 2.75) is 19.8 Å². The maximum absolute atomic E-state index is 12.2. The Balaban J connectivity index is 1.96. The zero-order chi connectivity index (χ0) is 15.4. The molecule has 0 aliphatic rings. The van der Waals surface area contributed by atoms with Gasteiger partial charge in [0.1, 0.15) is 11.4 Å². The van der Waals surface area contributed by atoms with E-state index in [0.29, 0.717) is 30.1 Å². The van der Waals surface area contributed by atoms with Crippen LogP contribution in [0.1, 0.15) is 28.7 Å². The molecule has 0 fully saturated rings. The summed E-state index contributed by atoms with van der Waals surface area (Å²) in [7, 11) is 1.71. The molecule has 0 atom stereocenters. The molecule has 0 radical (unpaired) electrons. The first kappa shape index (κ1) is 15.4. The van der Waals surface area contributed by atoms with Gasteiger partial charge in [0.15, 0.2) is 0 Å². The van der Waals surface area contributed by atoms with Gasteiger partial charge in [0.05, 0.1) is 10.7 Å². The van der Waals surface area contributed by atoms with E-state index in [4.69, 9.17) is 11.6 Å². The average molecular weight is 308 g/mol. The summed E-state index contributed by atoms with van der Waals surface area (Å²) in [5, 5.41) is 16.7. The number of phenolic OH excluding ortho intramolecular Hbond substituents is 1. The van der Waals surface area contributed by atoms with E-state index in [1.165, 1.54) is 4.68 Å². The van der Waals surface area contributed by atoms with E-state index >= 15 is 0 Å². The summed E-state index contributed by atoms with van der Waals surface area (Å²) in [4.78, 5) is 12.2. The highest BCUT2D eigenvalue weighted by molar-refractivity contribution is 6.34. The van der Waals surface area contributed by atoms with Gasteiger partial charge in [0.2, 0.25) is 0 Å². The summed E-state index contributed by atoms with van der Waals surface area (Å²) >= 11 is 6.17. The number of nitrogens with zero attached hydrogens (tertiary/aromatic N) is 2. The first-order valence-corrected chi connectivity index (χ1v) is 7.18. The van der Waals surface area contributed by atoms with E-state index in [1.807, 2.05) is 19.1 Å². The van der Waals surface area contributed by atoms with Gasteiger partial charge in [-0.1, -0.05) is 30.7 Å². The van der Waals surface area contributed by atoms with Crippen LogP contribution >= 0.6 is 11.6 Å². The van der Waals surface area contributed by atoms with Crippen molar-refractivity contribution in [2.24, 2.45) is 7.05 Å². The fourth-order valence-corrected chi connectivity index (χ4v) is 2.47. The van der Waals surface area contributed by atoms with Crippen molar-refractivity contribution in [3.05, 3.63) is 46.2 Å². The summed E-state index contributed by atoms with van der Waals surface area (Å²) in [5.41, 5.74) is 2.15. The standard InChI is InChI=1S/C15H18ClN3O2/c1-3-12-13(16)14(19(2)18-12)15(21)17-9-8-10-4-6-11(20)7-5-10/h4-7,20H,3,8-9H2,1-2H3,(H,17,21). The lowest BCUT2D eigenvalue weighted by atomic mass is 10.1. The van der Waals surface area contributed by atoms with Crippen molar-refractivity contribution >= 4 is 17.5 Å². The number of hydrogen-bond donors (Lipinski definition) is 2. The Bertz CT molecular complexity index is 635. The summed E-state index contributed by atoms with van der Waals surface area (Å²) in [5.74, 6) is 0.00465. The fraction of sp³-hybridized carbons (Fsp3) is 0.333. The Morgan fingerprint density at radius 2 is 2.05 bits per heavy atom. The van der Waals surface area contributed by atoms with E-state index in [9.17, 15) is 9.90 Å². The number of carbonyl (C=O) groups excluding carboxylic acids is 1. The Labute approximate surface area is 128 Å². The van der Waals surface area contributed by atoms with E-state index < -0.39 is 0 Å². The summed E-state index contributed by atoms with van der Waals surface area (Å²) in [6.07, 6.45) is 1.37. The molecule has 0 bridgehead atoms. The molecule has 6 heteroatoms. The molecule has 1 aromatic heterocycles. The molecule has 0 spiro atoms. The van der Waals surface area contributed by atoms with Crippen LogP contribution in [0.3, 0.4) is 0 Å². The van der Waals surface area contributed by atoms with Gasteiger partial charge in [0, 0.05) is 13.6 Å². The van der Waals surface area contributed by atoms with Crippen molar-refractivity contribution in [1.29, 1.82) is 0 Å². The Kier molecular flexibility index (Phi) is 4.85. The van der Waals surface area contributed by atoms with Crippen LogP contribution in [0, 0.1) is 0 Å². The molecule has 1 aromatic carbocycles. The SMILES string of the molecule is CCc1nn(C)c(C(=O)NCCc2ccc(O)cc2)c1Cl. The van der Waals surface area contributed by atoms with E-state index in [0.717, 1.165) is 11.3 Å². The monoisotopic (exact) mass is 307 g/mol. The van der Waals surface area contributed by atoms with Gasteiger partial charge in [-0.15, -0.1) is 0 Å². The number of hydrogen-bond acceptors (Lipinski definition) is 3. The van der Waals surface area contributed by atoms with Gasteiger partial charge in [-0.05, 0) is 30.5 Å². The lowest BCUT2D eigenvalue weighted by molar-refractivity contribution is 0.0945. The molecule has 2 rings (SSSR count). The van der Waals surface area contributed by atoms with Crippen LogP contribution in [0.15, 0.2) is 24.3 Å². The second-order valence-electron chi connectivity index (χ2n) is 4.76. The molecule has 0 aliphatic carbocycles. The minimum absolute atomic E-state index is 0.228. The predicted octanol–water partition coefficient (Wildman–Crippen LogP) is 2.31. The third-order valence-corrected chi connectivity index (χ3v) is 3.64. The molecule has 0 saturated heterocycles. The second kappa shape index (κ2) is 6.63. The quantitative estimate of drug-likeness (QED) is 0.891. The molecule has 0 saturated carbocycles. The van der Waals surface area contributed by atoms with Crippen LogP contribution < -0.4 is 5.32 Å². The molecule has 112 valence electrons. The first-order chi connectivity index (χ1) is 10.0. The van der Waals surface area contributed by atoms with Gasteiger partial charge >= 0.3 is 0 Å². The fourth-order valence-electron chi connectivity index (χ4n) is 2.09. The number of aromatic hydroxyl groups is 1. The number of amides is 1. The number of halogens is 1. The molecule has 0 aliphatic heterocycles. The minimum atomic E-state index is -0.228. The lowest BCUT2D eigenvalue weighted by Crippen LogP contribution is -2.27. The van der Waals surface area contributed by atoms with Crippen LogP contribution in [-0.2, 0) is 19.9 Å². The average Bonchev–Trinajstić information content (AvgIpc) is 2.75. The van der Waals surface area contributed by atoms with Crippen LogP contribution in [0.25, 0.3) is 0 Å². The van der Waals surface area contributed by atoms with Crippen molar-refractivity contribution in [1.82, 2.24) is 15.1 Å². The predicted molar refractivity (Wildman–Crippen MR) is 81.7 cm³/mol. The number of phenols is 1. The van der Waals surface area contributed by atoms with E-state index in [-0.39, 0.29) is 11.7 Å². The number of aryl methyl sites for hydroxylation is 2. The zero-order valence-corrected chi connectivity index (χ0v) is 12.8. The molecule has 2 aromatic rings. The highest BCUT2D eigenvalue weighted by atomic mass is 35.5. The maximum atomic E-state index is 12.2. The Morgan fingerprint density at radius 3 is 2.62 bits per heavy atom. The zero-order valence-electron chi connectivity index (χ0n) is 12.1. The van der Waals surface area contributed by atoms with Crippen molar-refractivity contribution in [3.8, 4) is 5.75 Å². The largest absolute Gasteiger partial charge is 0.508 e. The number of carbonyl (C=O) groups is 1. The molecule has 1 heterocycles. The third kappa shape index (κ3) is 3.55. The van der Waals surface area contributed by atoms with E-state index in [1.54, 1.807) is 19.2 Å². The van der Waals surface area contributed by atoms with E-state index in [2.05, 4.69) is 10.4 Å². The van der Waals surface area contributed by atoms with Gasteiger partial charge in [-0.2, -0.15) is 5.10 Å². The molecule has 21 heavy (non-hydrogen) atoms. The summed E-state index contributed by atoms with van der Waals surface area (Å²) in [6.45, 7) is 2.44. The van der Waals surface area contributed by atoms with Gasteiger partial charge < -0.3 is 10.4 Å². The van der Waals surface area contributed by atoms with Gasteiger partial charge in [0.25, 0.3) is 5.91 Å². The molecule has 2 N–H and O–H groups in total. The topological polar surface area (TPSA) is 67.2 Å². The smallest absolute Gasteiger partial charge is 0.271 e. The Hall–Kier alpha value is -2.01. The molecule has 1 amide bonds. The number of benzene rings is 1. The van der Waals surface area contributed by atoms with Crippen LogP contribution in [0.4, 0.5) is 0 Å². The minimum Gasteiger partial charge on any atom is -0.508 e. The highest BCUT2D eigenvalue weighted by Gasteiger charge is 2.19. The lowest BCUT2D eigenvalue weighted by Gasteiger charge is -2.06. The molecule has 0 unspecified atom stereocenters. The van der Waals surface area contributed by atoms with Crippen molar-refractivity contribution in [3.63, 3.8) is 0 Å². The van der Waals surface area contributed by atoms with Gasteiger partial charge in [-0.3, -0.25) is 9.48 Å². The van der Waals surface area contributed by atoms with Crippen molar-refractivity contribution < 1.29 is 9.90 Å². The Morgan fingerprint density at radius 1 is 1.38 bits per heavy atom. The maximum Gasteiger partial charge on any atom is 0.271 e. The van der Waals surface area contributed by atoms with Crippen LogP contribution in [-0.4, -0.2) is 27.3 Å². The first-order valence-electron chi connectivity index (χ1n) is 6.80. The number of rotatable bonds is 5. The summed E-state index contributed by atoms with van der Waals surface area (Å²) < 4.78 is 1.51. The second-order valence-corrected chi connectivity index (χ2v) is 5.14. The number of aromatic nitrogens is 2. The van der Waals surface area contributed by atoms with Crippen LogP contribution in [0.2, 0.25) is 5.02 Å². The van der Waals surface area contributed by atoms with Gasteiger partial charge in [-0.25, -0.2) is 0 Å². The molecular formula is C15H18ClN3O2. The van der Waals surface area contributed by atoms with Crippen molar-refractivity contribution in [2.75, 3.05) is 6.54 Å².